The number of pyridine rings is 1. The Bertz CT molecular complexity index is 678. The van der Waals surface area contributed by atoms with Gasteiger partial charge in [0.15, 0.2) is 5.65 Å². The summed E-state index contributed by atoms with van der Waals surface area (Å²) >= 11 is 0. The number of nitrogens with zero attached hydrogens (tertiary/aromatic N) is 3. The van der Waals surface area contributed by atoms with Crippen molar-refractivity contribution in [3.63, 3.8) is 0 Å². The number of sulfone groups is 1. The predicted octanol–water partition coefficient (Wildman–Crippen LogP) is 0.886. The van der Waals surface area contributed by atoms with E-state index in [9.17, 15) is 8.42 Å². The van der Waals surface area contributed by atoms with Gasteiger partial charge >= 0.3 is 0 Å². The molecule has 2 rings (SSSR count). The van der Waals surface area contributed by atoms with Crippen LogP contribution in [0.25, 0.3) is 11.2 Å². The summed E-state index contributed by atoms with van der Waals surface area (Å²) in [6, 6.07) is 3.30. The molecule has 19 heavy (non-hydrogen) atoms. The van der Waals surface area contributed by atoms with Crippen molar-refractivity contribution in [2.75, 3.05) is 12.0 Å². The Morgan fingerprint density at radius 2 is 2.21 bits per heavy atom. The van der Waals surface area contributed by atoms with E-state index in [4.69, 9.17) is 5.73 Å². The van der Waals surface area contributed by atoms with E-state index in [-0.39, 0.29) is 5.75 Å². The highest BCUT2D eigenvalue weighted by atomic mass is 32.2. The standard InChI is InChI=1S/C12H18N4O2S/c1-3-16-11(9(13)6-8-19(2,17)18)15-10-5-4-7-14-12(10)16/h4-5,7,9H,3,6,8,13H2,1-2H3. The van der Waals surface area contributed by atoms with Crippen LogP contribution in [0.1, 0.15) is 25.2 Å². The van der Waals surface area contributed by atoms with Crippen LogP contribution in [0.15, 0.2) is 18.3 Å². The van der Waals surface area contributed by atoms with E-state index in [0.29, 0.717) is 18.8 Å². The lowest BCUT2D eigenvalue weighted by Crippen LogP contribution is -2.20. The summed E-state index contributed by atoms with van der Waals surface area (Å²) in [4.78, 5) is 8.76. The van der Waals surface area contributed by atoms with Crippen LogP contribution in [0.2, 0.25) is 0 Å². The molecular formula is C12H18N4O2S. The van der Waals surface area contributed by atoms with E-state index in [1.807, 2.05) is 23.6 Å². The zero-order valence-electron chi connectivity index (χ0n) is 11.1. The second kappa shape index (κ2) is 5.26. The first kappa shape index (κ1) is 14.0. The molecule has 2 heterocycles. The molecule has 1 atom stereocenters. The molecule has 2 aromatic rings. The van der Waals surface area contributed by atoms with Gasteiger partial charge in [0, 0.05) is 19.0 Å². The van der Waals surface area contributed by atoms with Gasteiger partial charge in [0.1, 0.15) is 21.2 Å². The van der Waals surface area contributed by atoms with Gasteiger partial charge in [0.05, 0.1) is 11.8 Å². The Morgan fingerprint density at radius 3 is 2.84 bits per heavy atom. The molecule has 2 aromatic heterocycles. The van der Waals surface area contributed by atoms with E-state index >= 15 is 0 Å². The van der Waals surface area contributed by atoms with Crippen molar-refractivity contribution in [3.05, 3.63) is 24.2 Å². The smallest absolute Gasteiger partial charge is 0.160 e. The number of imidazole rings is 1. The first-order valence-corrected chi connectivity index (χ1v) is 8.23. The van der Waals surface area contributed by atoms with Crippen molar-refractivity contribution in [1.29, 1.82) is 0 Å². The minimum atomic E-state index is -3.01. The molecule has 0 aromatic carbocycles. The third-order valence-corrected chi connectivity index (χ3v) is 3.96. The van der Waals surface area contributed by atoms with Crippen molar-refractivity contribution < 1.29 is 8.42 Å². The summed E-state index contributed by atoms with van der Waals surface area (Å²) in [5.41, 5.74) is 7.64. The molecular weight excluding hydrogens is 264 g/mol. The summed E-state index contributed by atoms with van der Waals surface area (Å²) in [6.45, 7) is 2.69. The van der Waals surface area contributed by atoms with Gasteiger partial charge in [0.2, 0.25) is 0 Å². The third kappa shape index (κ3) is 3.10. The summed E-state index contributed by atoms with van der Waals surface area (Å²) in [6.07, 6.45) is 3.29. The first-order chi connectivity index (χ1) is 8.92. The second-order valence-corrected chi connectivity index (χ2v) is 6.85. The van der Waals surface area contributed by atoms with Crippen LogP contribution in [-0.4, -0.2) is 35.0 Å². The molecule has 7 heteroatoms. The fourth-order valence-corrected chi connectivity index (χ4v) is 2.72. The highest BCUT2D eigenvalue weighted by Crippen LogP contribution is 2.20. The van der Waals surface area contributed by atoms with Crippen LogP contribution in [0.4, 0.5) is 0 Å². The number of aryl methyl sites for hydroxylation is 1. The van der Waals surface area contributed by atoms with Crippen LogP contribution >= 0.6 is 0 Å². The normalized spacial score (nSPS) is 13.8. The molecule has 0 aliphatic heterocycles. The summed E-state index contributed by atoms with van der Waals surface area (Å²) in [5.74, 6) is 0.758. The number of fused-ring (bicyclic) bond motifs is 1. The minimum Gasteiger partial charge on any atom is -0.321 e. The minimum absolute atomic E-state index is 0.0640. The van der Waals surface area contributed by atoms with Crippen LogP contribution in [0, 0.1) is 0 Å². The number of aromatic nitrogens is 3. The fourth-order valence-electron chi connectivity index (χ4n) is 2.04. The molecule has 0 fully saturated rings. The summed E-state index contributed by atoms with van der Waals surface area (Å²) < 4.78 is 24.3. The van der Waals surface area contributed by atoms with Gasteiger partial charge < -0.3 is 10.3 Å². The molecule has 104 valence electrons. The van der Waals surface area contributed by atoms with Gasteiger partial charge in [0.25, 0.3) is 0 Å². The Labute approximate surface area is 112 Å². The van der Waals surface area contributed by atoms with Gasteiger partial charge in [-0.1, -0.05) is 0 Å². The van der Waals surface area contributed by atoms with Gasteiger partial charge in [-0.25, -0.2) is 18.4 Å². The van der Waals surface area contributed by atoms with Crippen LogP contribution in [0.3, 0.4) is 0 Å². The van der Waals surface area contributed by atoms with Crippen molar-refractivity contribution in [3.8, 4) is 0 Å². The Balaban J connectivity index is 2.33. The molecule has 1 unspecified atom stereocenters. The molecule has 0 spiro atoms. The van der Waals surface area contributed by atoms with Gasteiger partial charge in [-0.2, -0.15) is 0 Å². The molecule has 0 bridgehead atoms. The van der Waals surface area contributed by atoms with Gasteiger partial charge in [-0.15, -0.1) is 0 Å². The maximum Gasteiger partial charge on any atom is 0.160 e. The van der Waals surface area contributed by atoms with Crippen molar-refractivity contribution in [1.82, 2.24) is 14.5 Å². The molecule has 0 aliphatic carbocycles. The molecule has 2 N–H and O–H groups in total. The lowest BCUT2D eigenvalue weighted by atomic mass is 10.2. The lowest BCUT2D eigenvalue weighted by molar-refractivity contribution is 0.572. The van der Waals surface area contributed by atoms with Crippen LogP contribution in [0.5, 0.6) is 0 Å². The third-order valence-electron chi connectivity index (χ3n) is 2.98. The molecule has 0 saturated heterocycles. The zero-order chi connectivity index (χ0) is 14.0. The number of hydrogen-bond donors (Lipinski definition) is 1. The monoisotopic (exact) mass is 282 g/mol. The van der Waals surface area contributed by atoms with Gasteiger partial charge in [-0.05, 0) is 25.5 Å². The van der Waals surface area contributed by atoms with Gasteiger partial charge in [-0.3, -0.25) is 0 Å². The Hall–Kier alpha value is -1.47. The van der Waals surface area contributed by atoms with Crippen LogP contribution < -0.4 is 5.73 Å². The highest BCUT2D eigenvalue weighted by Gasteiger charge is 2.18. The topological polar surface area (TPSA) is 90.9 Å². The fraction of sp³-hybridized carbons (Fsp3) is 0.500. The largest absolute Gasteiger partial charge is 0.321 e. The molecule has 0 saturated carbocycles. The van der Waals surface area contributed by atoms with E-state index in [1.165, 1.54) is 6.26 Å². The molecule has 0 aliphatic rings. The van der Waals surface area contributed by atoms with Crippen molar-refractivity contribution in [2.45, 2.75) is 25.9 Å². The predicted molar refractivity (Wildman–Crippen MR) is 74.5 cm³/mol. The quantitative estimate of drug-likeness (QED) is 0.879. The van der Waals surface area contributed by atoms with E-state index in [0.717, 1.165) is 11.2 Å². The SMILES string of the molecule is CCn1c(C(N)CCS(C)(=O)=O)nc2cccnc21. The number of hydrogen-bond acceptors (Lipinski definition) is 5. The lowest BCUT2D eigenvalue weighted by Gasteiger charge is -2.12. The Morgan fingerprint density at radius 1 is 1.47 bits per heavy atom. The van der Waals surface area contributed by atoms with E-state index in [2.05, 4.69) is 9.97 Å². The maximum atomic E-state index is 11.2. The van der Waals surface area contributed by atoms with E-state index < -0.39 is 15.9 Å². The average Bonchev–Trinajstić information content (AvgIpc) is 2.73. The van der Waals surface area contributed by atoms with Crippen molar-refractivity contribution >= 4 is 21.0 Å². The number of rotatable bonds is 5. The number of nitrogens with two attached hydrogens (primary N) is 1. The summed E-state index contributed by atoms with van der Waals surface area (Å²) in [7, 11) is -3.01. The van der Waals surface area contributed by atoms with Crippen LogP contribution in [-0.2, 0) is 16.4 Å². The van der Waals surface area contributed by atoms with E-state index in [1.54, 1.807) is 6.20 Å². The molecule has 6 nitrogen and oxygen atoms in total. The zero-order valence-corrected chi connectivity index (χ0v) is 11.9. The summed E-state index contributed by atoms with van der Waals surface area (Å²) in [5, 5.41) is 0. The Kier molecular flexibility index (Phi) is 3.86. The highest BCUT2D eigenvalue weighted by molar-refractivity contribution is 7.90. The molecule has 0 radical (unpaired) electrons. The molecule has 0 amide bonds. The first-order valence-electron chi connectivity index (χ1n) is 6.17. The maximum absolute atomic E-state index is 11.2. The second-order valence-electron chi connectivity index (χ2n) is 4.59. The average molecular weight is 282 g/mol. The van der Waals surface area contributed by atoms with Crippen molar-refractivity contribution in [2.24, 2.45) is 5.73 Å².